The number of ether oxygens (including phenoxy) is 1. The minimum absolute atomic E-state index is 0.110. The van der Waals surface area contributed by atoms with Crippen LogP contribution in [0.4, 0.5) is 0 Å². The third kappa shape index (κ3) is 2.70. The van der Waals surface area contributed by atoms with E-state index in [1.807, 2.05) is 14.0 Å². The molecule has 5 heteroatoms. The molecule has 0 saturated carbocycles. The first-order chi connectivity index (χ1) is 6.66. The Morgan fingerprint density at radius 1 is 1.71 bits per heavy atom. The van der Waals surface area contributed by atoms with Gasteiger partial charge in [0.1, 0.15) is 0 Å². The van der Waals surface area contributed by atoms with Crippen LogP contribution in [-0.2, 0) is 11.8 Å². The van der Waals surface area contributed by atoms with Crippen LogP contribution in [0, 0.1) is 0 Å². The molecule has 1 unspecified atom stereocenters. The highest BCUT2D eigenvalue weighted by Gasteiger charge is 2.14. The summed E-state index contributed by atoms with van der Waals surface area (Å²) in [6.07, 6.45) is 2.37. The standard InChI is InChI=1S/C9H16ClN3O/c1-3-14-5-4-8(11)9-7(10)6-12-13(9)2/h6,8H,3-5,11H2,1-2H3. The zero-order valence-corrected chi connectivity index (χ0v) is 9.29. The Labute approximate surface area is 89.0 Å². The highest BCUT2D eigenvalue weighted by molar-refractivity contribution is 6.31. The Morgan fingerprint density at radius 3 is 2.93 bits per heavy atom. The maximum absolute atomic E-state index is 5.96. The summed E-state index contributed by atoms with van der Waals surface area (Å²) in [4.78, 5) is 0. The first-order valence-corrected chi connectivity index (χ1v) is 5.05. The molecule has 0 aliphatic heterocycles. The van der Waals surface area contributed by atoms with E-state index < -0.39 is 0 Å². The van der Waals surface area contributed by atoms with Crippen LogP contribution >= 0.6 is 11.6 Å². The minimum Gasteiger partial charge on any atom is -0.382 e. The van der Waals surface area contributed by atoms with Crippen molar-refractivity contribution in [3.05, 3.63) is 16.9 Å². The molecule has 14 heavy (non-hydrogen) atoms. The van der Waals surface area contributed by atoms with Gasteiger partial charge in [-0.15, -0.1) is 0 Å². The summed E-state index contributed by atoms with van der Waals surface area (Å²) < 4.78 is 6.94. The van der Waals surface area contributed by atoms with Gasteiger partial charge in [-0.25, -0.2) is 0 Å². The third-order valence-electron chi connectivity index (χ3n) is 2.07. The van der Waals surface area contributed by atoms with Crippen molar-refractivity contribution in [2.24, 2.45) is 12.8 Å². The Bertz CT molecular complexity index is 268. The molecule has 0 bridgehead atoms. The first kappa shape index (κ1) is 11.5. The molecule has 0 aliphatic carbocycles. The van der Waals surface area contributed by atoms with Gasteiger partial charge in [0, 0.05) is 20.3 Å². The predicted molar refractivity (Wildman–Crippen MR) is 56.3 cm³/mol. The summed E-state index contributed by atoms with van der Waals surface area (Å²) in [5.41, 5.74) is 6.82. The molecular weight excluding hydrogens is 202 g/mol. The van der Waals surface area contributed by atoms with E-state index >= 15 is 0 Å². The van der Waals surface area contributed by atoms with E-state index in [1.54, 1.807) is 10.9 Å². The van der Waals surface area contributed by atoms with E-state index in [0.29, 0.717) is 18.2 Å². The van der Waals surface area contributed by atoms with Crippen molar-refractivity contribution >= 4 is 11.6 Å². The topological polar surface area (TPSA) is 53.1 Å². The largest absolute Gasteiger partial charge is 0.382 e. The lowest BCUT2D eigenvalue weighted by atomic mass is 10.1. The molecule has 0 spiro atoms. The number of nitrogens with two attached hydrogens (primary N) is 1. The van der Waals surface area contributed by atoms with Gasteiger partial charge in [-0.05, 0) is 13.3 Å². The molecule has 2 N–H and O–H groups in total. The van der Waals surface area contributed by atoms with Crippen LogP contribution in [0.1, 0.15) is 25.1 Å². The Hall–Kier alpha value is -0.580. The molecule has 1 atom stereocenters. The van der Waals surface area contributed by atoms with Gasteiger partial charge in [0.15, 0.2) is 0 Å². The lowest BCUT2D eigenvalue weighted by molar-refractivity contribution is 0.139. The molecule has 0 aliphatic rings. The highest BCUT2D eigenvalue weighted by atomic mass is 35.5. The number of nitrogens with zero attached hydrogens (tertiary/aromatic N) is 2. The van der Waals surface area contributed by atoms with Gasteiger partial charge in [-0.3, -0.25) is 4.68 Å². The number of hydrogen-bond donors (Lipinski definition) is 1. The van der Waals surface area contributed by atoms with Crippen molar-refractivity contribution in [1.82, 2.24) is 9.78 Å². The fourth-order valence-corrected chi connectivity index (χ4v) is 1.63. The Kier molecular flexibility index (Phi) is 4.38. The van der Waals surface area contributed by atoms with Crippen LogP contribution in [0.3, 0.4) is 0 Å². The molecular formula is C9H16ClN3O. The number of aromatic nitrogens is 2. The maximum atomic E-state index is 5.96. The summed E-state index contributed by atoms with van der Waals surface area (Å²) in [6, 6.07) is -0.110. The number of hydrogen-bond acceptors (Lipinski definition) is 3. The number of halogens is 1. The molecule has 1 aromatic heterocycles. The summed E-state index contributed by atoms with van der Waals surface area (Å²) in [6.45, 7) is 3.33. The lowest BCUT2D eigenvalue weighted by Crippen LogP contribution is -2.17. The van der Waals surface area contributed by atoms with Gasteiger partial charge in [0.05, 0.1) is 23.0 Å². The van der Waals surface area contributed by atoms with E-state index in [0.717, 1.165) is 12.1 Å². The van der Waals surface area contributed by atoms with E-state index in [-0.39, 0.29) is 6.04 Å². The predicted octanol–water partition coefficient (Wildman–Crippen LogP) is 1.50. The van der Waals surface area contributed by atoms with Crippen molar-refractivity contribution in [3.8, 4) is 0 Å². The average molecular weight is 218 g/mol. The second-order valence-corrected chi connectivity index (χ2v) is 3.50. The zero-order valence-electron chi connectivity index (χ0n) is 8.53. The van der Waals surface area contributed by atoms with Gasteiger partial charge in [0.2, 0.25) is 0 Å². The second kappa shape index (κ2) is 5.34. The number of rotatable bonds is 5. The molecule has 1 rings (SSSR count). The second-order valence-electron chi connectivity index (χ2n) is 3.09. The molecule has 0 saturated heterocycles. The van der Waals surface area contributed by atoms with Crippen molar-refractivity contribution in [3.63, 3.8) is 0 Å². The first-order valence-electron chi connectivity index (χ1n) is 4.67. The van der Waals surface area contributed by atoms with Crippen molar-refractivity contribution in [2.45, 2.75) is 19.4 Å². The van der Waals surface area contributed by atoms with E-state index in [2.05, 4.69) is 5.10 Å². The van der Waals surface area contributed by atoms with Crippen LogP contribution in [0.15, 0.2) is 6.20 Å². The maximum Gasteiger partial charge on any atom is 0.0833 e. The third-order valence-corrected chi connectivity index (χ3v) is 2.36. The van der Waals surface area contributed by atoms with Crippen LogP contribution in [-0.4, -0.2) is 23.0 Å². The summed E-state index contributed by atoms with van der Waals surface area (Å²) in [5.74, 6) is 0. The zero-order chi connectivity index (χ0) is 10.6. The van der Waals surface area contributed by atoms with Gasteiger partial charge in [-0.2, -0.15) is 5.10 Å². The van der Waals surface area contributed by atoms with E-state index in [9.17, 15) is 0 Å². The van der Waals surface area contributed by atoms with Crippen LogP contribution in [0.25, 0.3) is 0 Å². The molecule has 1 heterocycles. The van der Waals surface area contributed by atoms with Gasteiger partial charge >= 0.3 is 0 Å². The van der Waals surface area contributed by atoms with E-state index in [4.69, 9.17) is 22.1 Å². The quantitative estimate of drug-likeness (QED) is 0.761. The van der Waals surface area contributed by atoms with Gasteiger partial charge in [-0.1, -0.05) is 11.6 Å². The number of aryl methyl sites for hydroxylation is 1. The Balaban J connectivity index is 2.55. The molecule has 0 amide bonds. The average Bonchev–Trinajstić information content (AvgIpc) is 2.46. The SMILES string of the molecule is CCOCCC(N)c1c(Cl)cnn1C. The minimum atomic E-state index is -0.110. The molecule has 4 nitrogen and oxygen atoms in total. The van der Waals surface area contributed by atoms with E-state index in [1.165, 1.54) is 0 Å². The molecule has 0 radical (unpaired) electrons. The lowest BCUT2D eigenvalue weighted by Gasteiger charge is -2.12. The smallest absolute Gasteiger partial charge is 0.0833 e. The molecule has 80 valence electrons. The molecule has 0 aromatic carbocycles. The van der Waals surface area contributed by atoms with Crippen molar-refractivity contribution < 1.29 is 4.74 Å². The summed E-state index contributed by atoms with van der Waals surface area (Å²) in [7, 11) is 1.84. The highest BCUT2D eigenvalue weighted by Crippen LogP contribution is 2.22. The fourth-order valence-electron chi connectivity index (χ4n) is 1.33. The van der Waals surface area contributed by atoms with Crippen molar-refractivity contribution in [2.75, 3.05) is 13.2 Å². The summed E-state index contributed by atoms with van der Waals surface area (Å²) in [5, 5.41) is 4.65. The van der Waals surface area contributed by atoms with Crippen LogP contribution in [0.2, 0.25) is 5.02 Å². The Morgan fingerprint density at radius 2 is 2.43 bits per heavy atom. The van der Waals surface area contributed by atoms with Crippen LogP contribution in [0.5, 0.6) is 0 Å². The van der Waals surface area contributed by atoms with Crippen molar-refractivity contribution in [1.29, 1.82) is 0 Å². The molecule has 0 fully saturated rings. The van der Waals surface area contributed by atoms with Crippen LogP contribution < -0.4 is 5.73 Å². The van der Waals surface area contributed by atoms with Gasteiger partial charge < -0.3 is 10.5 Å². The molecule has 1 aromatic rings. The van der Waals surface area contributed by atoms with Gasteiger partial charge in [0.25, 0.3) is 0 Å². The normalized spacial score (nSPS) is 13.1. The summed E-state index contributed by atoms with van der Waals surface area (Å²) >= 11 is 5.95. The fraction of sp³-hybridized carbons (Fsp3) is 0.667. The monoisotopic (exact) mass is 217 g/mol.